The summed E-state index contributed by atoms with van der Waals surface area (Å²) in [5, 5.41) is 2.74. The number of carbonyl (C=O) groups is 1. The SMILES string of the molecule is COc1cc2c(cc1OC)OC(C)C(=O)N2. The largest absolute Gasteiger partial charge is 0.493 e. The minimum atomic E-state index is -0.495. The van der Waals surface area contributed by atoms with Crippen molar-refractivity contribution in [3.05, 3.63) is 12.1 Å². The Labute approximate surface area is 93.3 Å². The Hall–Kier alpha value is -1.91. The van der Waals surface area contributed by atoms with Crippen LogP contribution in [0.1, 0.15) is 6.92 Å². The molecule has 0 bridgehead atoms. The second-order valence-electron chi connectivity index (χ2n) is 3.45. The second kappa shape index (κ2) is 3.92. The average molecular weight is 223 g/mol. The number of benzene rings is 1. The summed E-state index contributed by atoms with van der Waals surface area (Å²) in [5.41, 5.74) is 0.598. The number of anilines is 1. The van der Waals surface area contributed by atoms with Crippen molar-refractivity contribution in [1.29, 1.82) is 0 Å². The van der Waals surface area contributed by atoms with Crippen LogP contribution in [0.4, 0.5) is 5.69 Å². The minimum absolute atomic E-state index is 0.167. The van der Waals surface area contributed by atoms with Crippen molar-refractivity contribution in [2.24, 2.45) is 0 Å². The third-order valence-corrected chi connectivity index (χ3v) is 2.42. The van der Waals surface area contributed by atoms with Gasteiger partial charge in [-0.15, -0.1) is 0 Å². The second-order valence-corrected chi connectivity index (χ2v) is 3.45. The first-order valence-corrected chi connectivity index (χ1v) is 4.89. The normalized spacial score (nSPS) is 18.2. The zero-order valence-electron chi connectivity index (χ0n) is 9.37. The average Bonchev–Trinajstić information content (AvgIpc) is 2.29. The van der Waals surface area contributed by atoms with E-state index < -0.39 is 6.10 Å². The van der Waals surface area contributed by atoms with Crippen LogP contribution in [0.3, 0.4) is 0 Å². The molecule has 1 aromatic carbocycles. The molecule has 0 saturated carbocycles. The molecule has 2 rings (SSSR count). The lowest BCUT2D eigenvalue weighted by atomic mass is 10.2. The summed E-state index contributed by atoms with van der Waals surface area (Å²) in [5.74, 6) is 1.55. The summed E-state index contributed by atoms with van der Waals surface area (Å²) in [7, 11) is 3.09. The van der Waals surface area contributed by atoms with Crippen LogP contribution in [0.2, 0.25) is 0 Å². The number of fused-ring (bicyclic) bond motifs is 1. The van der Waals surface area contributed by atoms with Crippen LogP contribution in [-0.4, -0.2) is 26.2 Å². The van der Waals surface area contributed by atoms with Crippen LogP contribution in [0.15, 0.2) is 12.1 Å². The number of nitrogens with one attached hydrogen (secondary N) is 1. The fourth-order valence-electron chi connectivity index (χ4n) is 1.53. The van der Waals surface area contributed by atoms with E-state index in [0.717, 1.165) is 0 Å². The molecular weight excluding hydrogens is 210 g/mol. The van der Waals surface area contributed by atoms with E-state index in [1.807, 2.05) is 0 Å². The van der Waals surface area contributed by atoms with Gasteiger partial charge in [0.1, 0.15) is 5.75 Å². The third kappa shape index (κ3) is 1.64. The number of hydrogen-bond acceptors (Lipinski definition) is 4. The molecule has 0 radical (unpaired) electrons. The Morgan fingerprint density at radius 2 is 1.88 bits per heavy atom. The molecule has 5 heteroatoms. The van der Waals surface area contributed by atoms with Crippen molar-refractivity contribution in [1.82, 2.24) is 0 Å². The van der Waals surface area contributed by atoms with E-state index in [-0.39, 0.29) is 5.91 Å². The molecule has 0 spiro atoms. The Kier molecular flexibility index (Phi) is 2.60. The number of rotatable bonds is 2. The monoisotopic (exact) mass is 223 g/mol. The fourth-order valence-corrected chi connectivity index (χ4v) is 1.53. The van der Waals surface area contributed by atoms with Crippen LogP contribution < -0.4 is 19.5 Å². The van der Waals surface area contributed by atoms with Crippen molar-refractivity contribution < 1.29 is 19.0 Å². The van der Waals surface area contributed by atoms with Crippen molar-refractivity contribution in [2.75, 3.05) is 19.5 Å². The van der Waals surface area contributed by atoms with Gasteiger partial charge in [-0.25, -0.2) is 0 Å². The Morgan fingerprint density at radius 3 is 2.50 bits per heavy atom. The maximum atomic E-state index is 11.4. The van der Waals surface area contributed by atoms with Gasteiger partial charge >= 0.3 is 0 Å². The molecule has 1 heterocycles. The summed E-state index contributed by atoms with van der Waals surface area (Å²) in [6, 6.07) is 3.38. The lowest BCUT2D eigenvalue weighted by Crippen LogP contribution is -2.34. The van der Waals surface area contributed by atoms with Crippen LogP contribution in [0.5, 0.6) is 17.2 Å². The van der Waals surface area contributed by atoms with Crippen molar-refractivity contribution in [3.8, 4) is 17.2 Å². The van der Waals surface area contributed by atoms with E-state index in [1.165, 1.54) is 0 Å². The van der Waals surface area contributed by atoms with Gasteiger partial charge in [0, 0.05) is 12.1 Å². The topological polar surface area (TPSA) is 56.8 Å². The molecule has 0 aromatic heterocycles. The van der Waals surface area contributed by atoms with E-state index in [0.29, 0.717) is 22.9 Å². The predicted molar refractivity (Wildman–Crippen MR) is 58.3 cm³/mol. The van der Waals surface area contributed by atoms with Crippen molar-refractivity contribution in [2.45, 2.75) is 13.0 Å². The highest BCUT2D eigenvalue weighted by atomic mass is 16.5. The highest BCUT2D eigenvalue weighted by Crippen LogP contribution is 2.39. The zero-order valence-corrected chi connectivity index (χ0v) is 9.37. The van der Waals surface area contributed by atoms with E-state index in [9.17, 15) is 4.79 Å². The molecule has 0 fully saturated rings. The first-order chi connectivity index (χ1) is 7.65. The Bertz CT molecular complexity index is 430. The molecule has 1 aliphatic rings. The van der Waals surface area contributed by atoms with Crippen LogP contribution in [0, 0.1) is 0 Å². The Morgan fingerprint density at radius 1 is 1.25 bits per heavy atom. The molecule has 1 atom stereocenters. The third-order valence-electron chi connectivity index (χ3n) is 2.42. The summed E-state index contributed by atoms with van der Waals surface area (Å²) in [6.07, 6.45) is -0.495. The number of methoxy groups -OCH3 is 2. The number of carbonyl (C=O) groups excluding carboxylic acids is 1. The molecule has 1 N–H and O–H groups in total. The van der Waals surface area contributed by atoms with Gasteiger partial charge in [-0.3, -0.25) is 4.79 Å². The van der Waals surface area contributed by atoms with Gasteiger partial charge < -0.3 is 19.5 Å². The lowest BCUT2D eigenvalue weighted by molar-refractivity contribution is -0.122. The quantitative estimate of drug-likeness (QED) is 0.823. The van der Waals surface area contributed by atoms with E-state index in [1.54, 1.807) is 33.3 Å². The minimum Gasteiger partial charge on any atom is -0.493 e. The first kappa shape index (κ1) is 10.6. The Balaban J connectivity index is 2.45. The molecule has 1 amide bonds. The van der Waals surface area contributed by atoms with Crippen LogP contribution in [0.25, 0.3) is 0 Å². The lowest BCUT2D eigenvalue weighted by Gasteiger charge is -2.24. The van der Waals surface area contributed by atoms with Crippen LogP contribution >= 0.6 is 0 Å². The number of ether oxygens (including phenoxy) is 3. The maximum Gasteiger partial charge on any atom is 0.265 e. The smallest absolute Gasteiger partial charge is 0.265 e. The molecule has 0 aliphatic carbocycles. The summed E-state index contributed by atoms with van der Waals surface area (Å²) in [4.78, 5) is 11.4. The highest BCUT2D eigenvalue weighted by molar-refractivity contribution is 5.98. The molecular formula is C11H13NO4. The van der Waals surface area contributed by atoms with Crippen LogP contribution in [-0.2, 0) is 4.79 Å². The van der Waals surface area contributed by atoms with Gasteiger partial charge in [-0.05, 0) is 6.92 Å². The molecule has 1 aliphatic heterocycles. The highest BCUT2D eigenvalue weighted by Gasteiger charge is 2.25. The zero-order chi connectivity index (χ0) is 11.7. The number of hydrogen-bond donors (Lipinski definition) is 1. The fraction of sp³-hybridized carbons (Fsp3) is 0.364. The number of amides is 1. The molecule has 1 unspecified atom stereocenters. The maximum absolute atomic E-state index is 11.4. The standard InChI is InChI=1S/C11H13NO4/c1-6-11(13)12-7-4-9(14-2)10(15-3)5-8(7)16-6/h4-6H,1-3H3,(H,12,13). The summed E-state index contributed by atoms with van der Waals surface area (Å²) >= 11 is 0. The van der Waals surface area contributed by atoms with E-state index in [4.69, 9.17) is 14.2 Å². The first-order valence-electron chi connectivity index (χ1n) is 4.89. The van der Waals surface area contributed by atoms with Gasteiger partial charge in [-0.2, -0.15) is 0 Å². The summed E-state index contributed by atoms with van der Waals surface area (Å²) in [6.45, 7) is 1.69. The molecule has 5 nitrogen and oxygen atoms in total. The van der Waals surface area contributed by atoms with Crippen molar-refractivity contribution in [3.63, 3.8) is 0 Å². The molecule has 16 heavy (non-hydrogen) atoms. The summed E-state index contributed by atoms with van der Waals surface area (Å²) < 4.78 is 15.7. The van der Waals surface area contributed by atoms with Gasteiger partial charge in [0.25, 0.3) is 5.91 Å². The molecule has 86 valence electrons. The molecule has 0 saturated heterocycles. The molecule has 1 aromatic rings. The van der Waals surface area contributed by atoms with E-state index in [2.05, 4.69) is 5.32 Å². The van der Waals surface area contributed by atoms with Gasteiger partial charge in [0.15, 0.2) is 17.6 Å². The van der Waals surface area contributed by atoms with Gasteiger partial charge in [0.05, 0.1) is 19.9 Å². The van der Waals surface area contributed by atoms with E-state index >= 15 is 0 Å². The van der Waals surface area contributed by atoms with Gasteiger partial charge in [0.2, 0.25) is 0 Å². The predicted octanol–water partition coefficient (Wildman–Crippen LogP) is 1.42. The van der Waals surface area contributed by atoms with Crippen molar-refractivity contribution >= 4 is 11.6 Å². The van der Waals surface area contributed by atoms with Gasteiger partial charge in [-0.1, -0.05) is 0 Å².